The van der Waals surface area contributed by atoms with Gasteiger partial charge in [-0.05, 0) is 13.8 Å². The van der Waals surface area contributed by atoms with Crippen molar-refractivity contribution in [3.8, 4) is 0 Å². The summed E-state index contributed by atoms with van der Waals surface area (Å²) in [5.41, 5.74) is -0.616. The van der Waals surface area contributed by atoms with Crippen LogP contribution in [-0.4, -0.2) is 9.55 Å². The number of hydrogen-bond donors (Lipinski definition) is 0. The van der Waals surface area contributed by atoms with E-state index in [-0.39, 0.29) is 6.04 Å². The Morgan fingerprint density at radius 3 is 2.73 bits per heavy atom. The van der Waals surface area contributed by atoms with Crippen LogP contribution < -0.4 is 5.56 Å². The van der Waals surface area contributed by atoms with Gasteiger partial charge >= 0.3 is 0 Å². The standard InChI is InChI=1S/C7H9FN2O/c1-5(2)10-4-9-3-6(8)7(10)11/h3-5H,1-2H3. The monoisotopic (exact) mass is 156 g/mol. The van der Waals surface area contributed by atoms with E-state index in [0.717, 1.165) is 6.20 Å². The Morgan fingerprint density at radius 2 is 2.27 bits per heavy atom. The molecule has 0 saturated carbocycles. The second-order valence-electron chi connectivity index (χ2n) is 2.55. The van der Waals surface area contributed by atoms with Gasteiger partial charge in [0.25, 0.3) is 5.56 Å². The minimum atomic E-state index is -0.804. The minimum Gasteiger partial charge on any atom is -0.294 e. The molecule has 4 heteroatoms. The number of hydrogen-bond acceptors (Lipinski definition) is 2. The van der Waals surface area contributed by atoms with Crippen LogP contribution in [0.3, 0.4) is 0 Å². The highest BCUT2D eigenvalue weighted by atomic mass is 19.1. The third kappa shape index (κ3) is 1.45. The van der Waals surface area contributed by atoms with Crippen LogP contribution in [0.4, 0.5) is 4.39 Å². The lowest BCUT2D eigenvalue weighted by molar-refractivity contribution is 0.513. The average molecular weight is 156 g/mol. The Balaban J connectivity index is 3.28. The van der Waals surface area contributed by atoms with Crippen LogP contribution in [0, 0.1) is 5.82 Å². The highest BCUT2D eigenvalue weighted by Gasteiger charge is 2.04. The Labute approximate surface area is 63.5 Å². The zero-order chi connectivity index (χ0) is 8.43. The predicted molar refractivity (Wildman–Crippen MR) is 38.8 cm³/mol. The molecule has 0 radical (unpaired) electrons. The molecule has 1 aromatic heterocycles. The van der Waals surface area contributed by atoms with Gasteiger partial charge in [-0.2, -0.15) is 4.39 Å². The summed E-state index contributed by atoms with van der Waals surface area (Å²) in [6, 6.07) is -0.0503. The SMILES string of the molecule is CC(C)n1cncc(F)c1=O. The zero-order valence-corrected chi connectivity index (χ0v) is 6.41. The van der Waals surface area contributed by atoms with E-state index in [4.69, 9.17) is 0 Å². The van der Waals surface area contributed by atoms with Crippen molar-refractivity contribution in [2.45, 2.75) is 19.9 Å². The third-order valence-electron chi connectivity index (χ3n) is 1.37. The van der Waals surface area contributed by atoms with Crippen LogP contribution in [0.25, 0.3) is 0 Å². The Bertz CT molecular complexity index is 306. The maximum atomic E-state index is 12.5. The summed E-state index contributed by atoms with van der Waals surface area (Å²) in [4.78, 5) is 14.5. The van der Waals surface area contributed by atoms with Gasteiger partial charge in [-0.1, -0.05) is 0 Å². The van der Waals surface area contributed by atoms with Crippen LogP contribution in [0.1, 0.15) is 19.9 Å². The molecule has 3 nitrogen and oxygen atoms in total. The molecule has 0 aliphatic carbocycles. The van der Waals surface area contributed by atoms with Crippen LogP contribution in [0.15, 0.2) is 17.3 Å². The maximum Gasteiger partial charge on any atom is 0.289 e. The van der Waals surface area contributed by atoms with Crippen molar-refractivity contribution in [3.05, 3.63) is 28.7 Å². The van der Waals surface area contributed by atoms with Gasteiger partial charge < -0.3 is 0 Å². The first-order chi connectivity index (χ1) is 5.13. The minimum absolute atomic E-state index is 0.0503. The van der Waals surface area contributed by atoms with Gasteiger partial charge in [-0.3, -0.25) is 9.36 Å². The molecule has 11 heavy (non-hydrogen) atoms. The van der Waals surface area contributed by atoms with E-state index in [1.165, 1.54) is 10.9 Å². The number of rotatable bonds is 1. The van der Waals surface area contributed by atoms with Crippen LogP contribution in [-0.2, 0) is 0 Å². The smallest absolute Gasteiger partial charge is 0.289 e. The molecule has 0 amide bonds. The molecule has 0 aromatic carbocycles. The van der Waals surface area contributed by atoms with Crippen molar-refractivity contribution in [3.63, 3.8) is 0 Å². The lowest BCUT2D eigenvalue weighted by atomic mass is 10.4. The molecular weight excluding hydrogens is 147 g/mol. The molecule has 1 aromatic rings. The van der Waals surface area contributed by atoms with Crippen molar-refractivity contribution in [2.24, 2.45) is 0 Å². The second kappa shape index (κ2) is 2.82. The molecule has 0 aliphatic rings. The van der Waals surface area contributed by atoms with E-state index in [0.29, 0.717) is 0 Å². The molecule has 0 atom stereocenters. The van der Waals surface area contributed by atoms with Gasteiger partial charge in [0.15, 0.2) is 0 Å². The first-order valence-electron chi connectivity index (χ1n) is 3.34. The van der Waals surface area contributed by atoms with Crippen molar-refractivity contribution < 1.29 is 4.39 Å². The Morgan fingerprint density at radius 1 is 1.64 bits per heavy atom. The fourth-order valence-corrected chi connectivity index (χ4v) is 0.769. The molecule has 0 saturated heterocycles. The summed E-state index contributed by atoms with van der Waals surface area (Å²) in [7, 11) is 0. The van der Waals surface area contributed by atoms with Gasteiger partial charge in [0.1, 0.15) is 0 Å². The van der Waals surface area contributed by atoms with E-state index in [1.54, 1.807) is 13.8 Å². The summed E-state index contributed by atoms with van der Waals surface area (Å²) in [6.07, 6.45) is 2.25. The molecule has 0 bridgehead atoms. The molecular formula is C7H9FN2O. The highest BCUT2D eigenvalue weighted by molar-refractivity contribution is 4.87. The van der Waals surface area contributed by atoms with Crippen LogP contribution in [0.2, 0.25) is 0 Å². The van der Waals surface area contributed by atoms with Gasteiger partial charge in [0.2, 0.25) is 5.82 Å². The molecule has 0 N–H and O–H groups in total. The molecule has 0 unspecified atom stereocenters. The van der Waals surface area contributed by atoms with Crippen molar-refractivity contribution in [1.29, 1.82) is 0 Å². The lowest BCUT2D eigenvalue weighted by Gasteiger charge is -2.06. The van der Waals surface area contributed by atoms with Crippen molar-refractivity contribution >= 4 is 0 Å². The van der Waals surface area contributed by atoms with E-state index in [2.05, 4.69) is 4.98 Å². The van der Waals surface area contributed by atoms with Gasteiger partial charge in [-0.25, -0.2) is 4.98 Å². The van der Waals surface area contributed by atoms with Gasteiger partial charge in [0, 0.05) is 6.04 Å². The van der Waals surface area contributed by atoms with E-state index in [1.807, 2.05) is 0 Å². The number of aromatic nitrogens is 2. The highest BCUT2D eigenvalue weighted by Crippen LogP contribution is 1.97. The molecule has 1 rings (SSSR count). The van der Waals surface area contributed by atoms with Crippen molar-refractivity contribution in [2.75, 3.05) is 0 Å². The average Bonchev–Trinajstić information content (AvgIpc) is 1.94. The molecule has 0 aliphatic heterocycles. The number of nitrogens with zero attached hydrogens (tertiary/aromatic N) is 2. The topological polar surface area (TPSA) is 34.9 Å². The van der Waals surface area contributed by atoms with E-state index < -0.39 is 11.4 Å². The molecule has 0 fully saturated rings. The predicted octanol–water partition coefficient (Wildman–Crippen LogP) is 0.963. The lowest BCUT2D eigenvalue weighted by Crippen LogP contribution is -2.24. The van der Waals surface area contributed by atoms with Crippen LogP contribution >= 0.6 is 0 Å². The zero-order valence-electron chi connectivity index (χ0n) is 6.41. The van der Waals surface area contributed by atoms with Gasteiger partial charge in [0.05, 0.1) is 12.5 Å². The van der Waals surface area contributed by atoms with Crippen molar-refractivity contribution in [1.82, 2.24) is 9.55 Å². The quantitative estimate of drug-likeness (QED) is 0.607. The van der Waals surface area contributed by atoms with E-state index in [9.17, 15) is 9.18 Å². The summed E-state index contributed by atoms with van der Waals surface area (Å²) < 4.78 is 13.8. The Hall–Kier alpha value is -1.19. The summed E-state index contributed by atoms with van der Waals surface area (Å²) in [5.74, 6) is -0.804. The number of halogens is 1. The fraction of sp³-hybridized carbons (Fsp3) is 0.429. The molecule has 0 spiro atoms. The fourth-order valence-electron chi connectivity index (χ4n) is 0.769. The van der Waals surface area contributed by atoms with Crippen LogP contribution in [0.5, 0.6) is 0 Å². The summed E-state index contributed by atoms with van der Waals surface area (Å²) in [6.45, 7) is 3.59. The second-order valence-corrected chi connectivity index (χ2v) is 2.55. The molecule has 60 valence electrons. The van der Waals surface area contributed by atoms with Gasteiger partial charge in [-0.15, -0.1) is 0 Å². The third-order valence-corrected chi connectivity index (χ3v) is 1.37. The first kappa shape index (κ1) is 7.91. The first-order valence-corrected chi connectivity index (χ1v) is 3.34. The normalized spacial score (nSPS) is 10.5. The maximum absolute atomic E-state index is 12.5. The largest absolute Gasteiger partial charge is 0.294 e. The molecule has 1 heterocycles. The summed E-state index contributed by atoms with van der Waals surface area (Å²) >= 11 is 0. The summed E-state index contributed by atoms with van der Waals surface area (Å²) in [5, 5.41) is 0. The van der Waals surface area contributed by atoms with E-state index >= 15 is 0 Å². The Kier molecular flexibility index (Phi) is 2.03.